The third-order valence-electron chi connectivity index (χ3n) is 6.28. The van der Waals surface area contributed by atoms with Gasteiger partial charge in [0.1, 0.15) is 12.2 Å². The summed E-state index contributed by atoms with van der Waals surface area (Å²) in [5.74, 6) is -2.71. The van der Waals surface area contributed by atoms with Gasteiger partial charge in [0, 0.05) is 48.3 Å². The van der Waals surface area contributed by atoms with Crippen LogP contribution in [-0.2, 0) is 16.1 Å². The van der Waals surface area contributed by atoms with E-state index in [0.717, 1.165) is 27.5 Å². The van der Waals surface area contributed by atoms with Crippen molar-refractivity contribution in [1.29, 1.82) is 0 Å². The number of carbonyl (C=O) groups excluding carboxylic acids is 1. The Hall–Kier alpha value is -4.19. The maximum atomic E-state index is 13.6. The number of hydrogen-bond donors (Lipinski definition) is 2. The Morgan fingerprint density at radius 2 is 1.62 bits per heavy atom. The van der Waals surface area contributed by atoms with Crippen LogP contribution in [0.15, 0.2) is 59.5 Å². The molecule has 4 rings (SSSR count). The molecule has 2 aromatic heterocycles. The van der Waals surface area contributed by atoms with Crippen molar-refractivity contribution in [1.82, 2.24) is 19.0 Å². The molecule has 0 saturated heterocycles. The first kappa shape index (κ1) is 29.4. The van der Waals surface area contributed by atoms with E-state index in [-0.39, 0.29) is 24.1 Å². The molecule has 39 heavy (non-hydrogen) atoms. The second kappa shape index (κ2) is 12.1. The van der Waals surface area contributed by atoms with Crippen molar-refractivity contribution in [3.63, 3.8) is 0 Å². The molecule has 0 aliphatic heterocycles. The lowest BCUT2D eigenvalue weighted by atomic mass is 10.1. The number of rotatable bonds is 7. The number of nitrogens with zero attached hydrogens (tertiary/aromatic N) is 4. The van der Waals surface area contributed by atoms with E-state index in [1.807, 2.05) is 80.1 Å². The van der Waals surface area contributed by atoms with Crippen LogP contribution in [0.25, 0.3) is 33.2 Å². The average Bonchev–Trinajstić information content (AvgIpc) is 3.26. The SMILES string of the molecule is CCN(CC)C(=O)Cn1cc(-c2nc3ccccc3n(C(C)CN)c2=O)c2ccccc21.O=C(O)C(F)(F)F. The number of amides is 1. The van der Waals surface area contributed by atoms with Gasteiger partial charge in [-0.2, -0.15) is 13.2 Å². The van der Waals surface area contributed by atoms with Crippen LogP contribution in [0.5, 0.6) is 0 Å². The molecule has 0 fully saturated rings. The summed E-state index contributed by atoms with van der Waals surface area (Å²) in [5.41, 5.74) is 9.24. The standard InChI is InChI=1S/C25H29N5O2.C2HF3O2/c1-4-28(5-2)23(31)16-29-15-19(18-10-6-8-12-21(18)29)24-25(32)30(17(3)14-26)22-13-9-7-11-20(22)27-24;3-2(4,5)1(6)7/h6-13,15,17H,4-5,14,16,26H2,1-3H3;(H,6,7). The Bertz CT molecular complexity index is 1540. The third kappa shape index (κ3) is 6.28. The summed E-state index contributed by atoms with van der Waals surface area (Å²) < 4.78 is 35.4. The highest BCUT2D eigenvalue weighted by atomic mass is 19.4. The van der Waals surface area contributed by atoms with E-state index in [1.165, 1.54) is 0 Å². The summed E-state index contributed by atoms with van der Waals surface area (Å²) in [7, 11) is 0. The number of carboxylic acid groups (broad SMARTS) is 1. The molecule has 1 unspecified atom stereocenters. The van der Waals surface area contributed by atoms with Gasteiger partial charge in [-0.15, -0.1) is 0 Å². The van der Waals surface area contributed by atoms with Gasteiger partial charge in [-0.1, -0.05) is 30.3 Å². The van der Waals surface area contributed by atoms with Crippen LogP contribution in [0.1, 0.15) is 26.8 Å². The number of likely N-dealkylation sites (N-methyl/N-ethyl adjacent to an activating group) is 1. The molecule has 0 saturated carbocycles. The number of alkyl halides is 3. The first-order chi connectivity index (χ1) is 18.4. The molecule has 2 aromatic carbocycles. The quantitative estimate of drug-likeness (QED) is 0.361. The van der Waals surface area contributed by atoms with Crippen LogP contribution in [0.4, 0.5) is 13.2 Å². The van der Waals surface area contributed by atoms with Gasteiger partial charge in [0.15, 0.2) is 0 Å². The highest BCUT2D eigenvalue weighted by molar-refractivity contribution is 5.96. The number of aromatic nitrogens is 3. The van der Waals surface area contributed by atoms with Gasteiger partial charge in [-0.3, -0.25) is 9.59 Å². The van der Waals surface area contributed by atoms with E-state index in [1.54, 1.807) is 9.47 Å². The van der Waals surface area contributed by atoms with Gasteiger partial charge in [0.05, 0.1) is 11.0 Å². The Morgan fingerprint density at radius 3 is 2.18 bits per heavy atom. The summed E-state index contributed by atoms with van der Waals surface area (Å²) in [6, 6.07) is 15.2. The molecule has 12 heteroatoms. The third-order valence-corrected chi connectivity index (χ3v) is 6.28. The first-order valence-electron chi connectivity index (χ1n) is 12.3. The zero-order chi connectivity index (χ0) is 28.9. The lowest BCUT2D eigenvalue weighted by molar-refractivity contribution is -0.192. The Morgan fingerprint density at radius 1 is 1.05 bits per heavy atom. The van der Waals surface area contributed by atoms with E-state index < -0.39 is 12.1 Å². The van der Waals surface area contributed by atoms with E-state index in [0.29, 0.717) is 25.3 Å². The fraction of sp³-hybridized carbons (Fsp3) is 0.333. The predicted octanol–water partition coefficient (Wildman–Crippen LogP) is 4.04. The van der Waals surface area contributed by atoms with Crippen molar-refractivity contribution in [2.24, 2.45) is 5.73 Å². The minimum Gasteiger partial charge on any atom is -0.475 e. The molecule has 208 valence electrons. The Labute approximate surface area is 222 Å². The molecule has 9 nitrogen and oxygen atoms in total. The van der Waals surface area contributed by atoms with Crippen LogP contribution in [0, 0.1) is 0 Å². The van der Waals surface area contributed by atoms with Crippen LogP contribution < -0.4 is 11.3 Å². The van der Waals surface area contributed by atoms with Crippen molar-refractivity contribution in [3.8, 4) is 11.3 Å². The number of benzene rings is 2. The molecule has 0 radical (unpaired) electrons. The van der Waals surface area contributed by atoms with Gasteiger partial charge in [-0.05, 0) is 39.0 Å². The van der Waals surface area contributed by atoms with Gasteiger partial charge >= 0.3 is 12.1 Å². The summed E-state index contributed by atoms with van der Waals surface area (Å²) >= 11 is 0. The topological polar surface area (TPSA) is 123 Å². The number of hydrogen-bond acceptors (Lipinski definition) is 5. The highest BCUT2D eigenvalue weighted by Gasteiger charge is 2.38. The lowest BCUT2D eigenvalue weighted by Crippen LogP contribution is -2.33. The zero-order valence-electron chi connectivity index (χ0n) is 21.8. The predicted molar refractivity (Wildman–Crippen MR) is 142 cm³/mol. The molecular formula is C27H30F3N5O4. The fourth-order valence-corrected chi connectivity index (χ4v) is 4.26. The number of para-hydroxylation sites is 3. The summed E-state index contributed by atoms with van der Waals surface area (Å²) in [6.07, 6.45) is -3.21. The Kier molecular flexibility index (Phi) is 9.12. The maximum Gasteiger partial charge on any atom is 0.490 e. The molecule has 0 aliphatic rings. The van der Waals surface area contributed by atoms with Gasteiger partial charge in [0.25, 0.3) is 5.56 Å². The molecule has 0 bridgehead atoms. The maximum absolute atomic E-state index is 13.6. The van der Waals surface area contributed by atoms with E-state index in [2.05, 4.69) is 0 Å². The van der Waals surface area contributed by atoms with Crippen LogP contribution in [0.2, 0.25) is 0 Å². The molecule has 4 aromatic rings. The smallest absolute Gasteiger partial charge is 0.475 e. The van der Waals surface area contributed by atoms with Gasteiger partial charge < -0.3 is 24.9 Å². The summed E-state index contributed by atoms with van der Waals surface area (Å²) in [5, 5.41) is 8.02. The number of nitrogens with two attached hydrogens (primary N) is 1. The summed E-state index contributed by atoms with van der Waals surface area (Å²) in [4.78, 5) is 41.9. The molecule has 0 spiro atoms. The minimum absolute atomic E-state index is 0.0444. The van der Waals surface area contributed by atoms with E-state index >= 15 is 0 Å². The van der Waals surface area contributed by atoms with Crippen LogP contribution in [0.3, 0.4) is 0 Å². The fourth-order valence-electron chi connectivity index (χ4n) is 4.26. The van der Waals surface area contributed by atoms with Crippen molar-refractivity contribution in [2.45, 2.75) is 39.5 Å². The van der Waals surface area contributed by atoms with Crippen molar-refractivity contribution in [3.05, 3.63) is 65.1 Å². The van der Waals surface area contributed by atoms with Crippen molar-refractivity contribution >= 4 is 33.8 Å². The number of carboxylic acids is 1. The first-order valence-corrected chi connectivity index (χ1v) is 12.3. The number of carbonyl (C=O) groups is 2. The average molecular weight is 546 g/mol. The van der Waals surface area contributed by atoms with Gasteiger partial charge in [0.2, 0.25) is 5.91 Å². The van der Waals surface area contributed by atoms with Crippen molar-refractivity contribution in [2.75, 3.05) is 19.6 Å². The second-order valence-corrected chi connectivity index (χ2v) is 8.77. The van der Waals surface area contributed by atoms with E-state index in [4.69, 9.17) is 20.6 Å². The van der Waals surface area contributed by atoms with E-state index in [9.17, 15) is 22.8 Å². The van der Waals surface area contributed by atoms with Crippen molar-refractivity contribution < 1.29 is 27.9 Å². The largest absolute Gasteiger partial charge is 0.490 e. The zero-order valence-corrected chi connectivity index (χ0v) is 21.8. The second-order valence-electron chi connectivity index (χ2n) is 8.77. The molecule has 1 amide bonds. The van der Waals surface area contributed by atoms with Crippen LogP contribution in [-0.4, -0.2) is 61.8 Å². The molecule has 2 heterocycles. The molecular weight excluding hydrogens is 515 g/mol. The minimum atomic E-state index is -5.08. The molecule has 0 aliphatic carbocycles. The molecule has 1 atom stereocenters. The number of aliphatic carboxylic acids is 1. The normalized spacial score (nSPS) is 12.2. The summed E-state index contributed by atoms with van der Waals surface area (Å²) in [6.45, 7) is 7.76. The highest BCUT2D eigenvalue weighted by Crippen LogP contribution is 2.29. The number of halogens is 3. The van der Waals surface area contributed by atoms with Gasteiger partial charge in [-0.25, -0.2) is 9.78 Å². The monoisotopic (exact) mass is 545 g/mol. The van der Waals surface area contributed by atoms with Crippen LogP contribution >= 0.6 is 0 Å². The number of fused-ring (bicyclic) bond motifs is 2. The molecule has 3 N–H and O–H groups in total. The lowest BCUT2D eigenvalue weighted by Gasteiger charge is -2.19. The Balaban J connectivity index is 0.000000532.